The first kappa shape index (κ1) is 13.5. The highest BCUT2D eigenvalue weighted by Gasteiger charge is 2.20. The number of aryl methyl sites for hydroxylation is 2. The Labute approximate surface area is 110 Å². The van der Waals surface area contributed by atoms with Crippen LogP contribution in [0.5, 0.6) is 0 Å². The lowest BCUT2D eigenvalue weighted by Gasteiger charge is -2.25. The van der Waals surface area contributed by atoms with Crippen LogP contribution in [0.25, 0.3) is 0 Å². The molecule has 1 aromatic heterocycles. The minimum atomic E-state index is 0.571. The Morgan fingerprint density at radius 3 is 2.67 bits per heavy atom. The third-order valence-electron chi connectivity index (χ3n) is 4.14. The molecule has 0 aromatic carbocycles. The van der Waals surface area contributed by atoms with E-state index >= 15 is 0 Å². The molecule has 0 radical (unpaired) electrons. The first-order valence-corrected chi connectivity index (χ1v) is 7.32. The Morgan fingerprint density at radius 1 is 1.28 bits per heavy atom. The predicted molar refractivity (Wildman–Crippen MR) is 73.4 cm³/mol. The molecule has 1 fully saturated rings. The van der Waals surface area contributed by atoms with Gasteiger partial charge in [-0.05, 0) is 38.6 Å². The van der Waals surface area contributed by atoms with Crippen LogP contribution in [0.2, 0.25) is 0 Å². The maximum Gasteiger partial charge on any atom is 0.133 e. The third-order valence-corrected chi connectivity index (χ3v) is 4.14. The lowest BCUT2D eigenvalue weighted by atomic mass is 9.95. The van der Waals surface area contributed by atoms with Crippen molar-refractivity contribution in [2.24, 2.45) is 11.7 Å². The van der Waals surface area contributed by atoms with Crippen LogP contribution >= 0.6 is 0 Å². The SMILES string of the molecule is Cc1nnc(CCC(C)CN)n1C1CCCCC1. The summed E-state index contributed by atoms with van der Waals surface area (Å²) in [6, 6.07) is 0.636. The smallest absolute Gasteiger partial charge is 0.133 e. The van der Waals surface area contributed by atoms with Gasteiger partial charge in [0.1, 0.15) is 11.6 Å². The molecule has 1 aromatic rings. The first-order valence-electron chi connectivity index (χ1n) is 7.32. The molecule has 0 spiro atoms. The monoisotopic (exact) mass is 250 g/mol. The van der Waals surface area contributed by atoms with Gasteiger partial charge in [0.15, 0.2) is 0 Å². The first-order chi connectivity index (χ1) is 8.72. The van der Waals surface area contributed by atoms with Gasteiger partial charge in [0.25, 0.3) is 0 Å². The molecule has 1 aliphatic rings. The fourth-order valence-corrected chi connectivity index (χ4v) is 2.89. The second-order valence-electron chi connectivity index (χ2n) is 5.70. The van der Waals surface area contributed by atoms with Crippen molar-refractivity contribution >= 4 is 0 Å². The van der Waals surface area contributed by atoms with Crippen molar-refractivity contribution in [3.63, 3.8) is 0 Å². The van der Waals surface area contributed by atoms with Gasteiger partial charge in [-0.25, -0.2) is 0 Å². The van der Waals surface area contributed by atoms with Gasteiger partial charge in [-0.3, -0.25) is 0 Å². The highest BCUT2D eigenvalue weighted by Crippen LogP contribution is 2.30. The van der Waals surface area contributed by atoms with Crippen LogP contribution in [-0.4, -0.2) is 21.3 Å². The zero-order valence-electron chi connectivity index (χ0n) is 11.7. The molecule has 1 unspecified atom stereocenters. The van der Waals surface area contributed by atoms with Gasteiger partial charge in [-0.15, -0.1) is 10.2 Å². The minimum absolute atomic E-state index is 0.571. The second kappa shape index (κ2) is 6.32. The van der Waals surface area contributed by atoms with Crippen LogP contribution in [-0.2, 0) is 6.42 Å². The Hall–Kier alpha value is -0.900. The van der Waals surface area contributed by atoms with Crippen molar-refractivity contribution < 1.29 is 0 Å². The zero-order valence-corrected chi connectivity index (χ0v) is 11.7. The van der Waals surface area contributed by atoms with Gasteiger partial charge in [-0.1, -0.05) is 26.2 Å². The van der Waals surface area contributed by atoms with E-state index in [1.54, 1.807) is 0 Å². The summed E-state index contributed by atoms with van der Waals surface area (Å²) in [5, 5.41) is 8.65. The Balaban J connectivity index is 2.06. The Kier molecular flexibility index (Phi) is 4.75. The van der Waals surface area contributed by atoms with E-state index < -0.39 is 0 Å². The summed E-state index contributed by atoms with van der Waals surface area (Å²) in [4.78, 5) is 0. The maximum absolute atomic E-state index is 5.68. The molecule has 0 saturated heterocycles. The van der Waals surface area contributed by atoms with Crippen LogP contribution in [0.1, 0.15) is 63.1 Å². The lowest BCUT2D eigenvalue weighted by molar-refractivity contribution is 0.338. The van der Waals surface area contributed by atoms with Crippen molar-refractivity contribution in [1.82, 2.24) is 14.8 Å². The van der Waals surface area contributed by atoms with Crippen LogP contribution in [0.3, 0.4) is 0 Å². The fraction of sp³-hybridized carbons (Fsp3) is 0.857. The summed E-state index contributed by atoms with van der Waals surface area (Å²) in [5.74, 6) is 2.82. The van der Waals surface area contributed by atoms with Crippen LogP contribution in [0.15, 0.2) is 0 Å². The second-order valence-corrected chi connectivity index (χ2v) is 5.70. The molecule has 1 heterocycles. The molecule has 4 nitrogen and oxygen atoms in total. The Bertz CT molecular complexity index is 366. The van der Waals surface area contributed by atoms with Gasteiger partial charge in [0.2, 0.25) is 0 Å². The molecule has 1 saturated carbocycles. The standard InChI is InChI=1S/C14H26N4/c1-11(10-15)8-9-14-17-16-12(2)18(14)13-6-4-3-5-7-13/h11,13H,3-10,15H2,1-2H3. The number of nitrogens with zero attached hydrogens (tertiary/aromatic N) is 3. The van der Waals surface area contributed by atoms with Crippen molar-refractivity contribution in [2.45, 2.75) is 64.8 Å². The normalized spacial score (nSPS) is 19.1. The molecule has 2 N–H and O–H groups in total. The van der Waals surface area contributed by atoms with E-state index in [0.717, 1.165) is 25.2 Å². The van der Waals surface area contributed by atoms with Gasteiger partial charge in [0.05, 0.1) is 0 Å². The largest absolute Gasteiger partial charge is 0.330 e. The van der Waals surface area contributed by atoms with Crippen LogP contribution < -0.4 is 5.73 Å². The molecule has 0 amide bonds. The third kappa shape index (κ3) is 3.10. The molecule has 18 heavy (non-hydrogen) atoms. The molecule has 1 aliphatic carbocycles. The van der Waals surface area contributed by atoms with Crippen molar-refractivity contribution in [3.05, 3.63) is 11.6 Å². The van der Waals surface area contributed by atoms with Crippen molar-refractivity contribution in [1.29, 1.82) is 0 Å². The number of nitrogens with two attached hydrogens (primary N) is 1. The molecular weight excluding hydrogens is 224 g/mol. The summed E-state index contributed by atoms with van der Waals surface area (Å²) in [5.41, 5.74) is 5.68. The zero-order chi connectivity index (χ0) is 13.0. The van der Waals surface area contributed by atoms with E-state index in [4.69, 9.17) is 5.73 Å². The average molecular weight is 250 g/mol. The molecule has 102 valence electrons. The Morgan fingerprint density at radius 2 is 2.00 bits per heavy atom. The van der Waals surface area contributed by atoms with Crippen LogP contribution in [0, 0.1) is 12.8 Å². The molecule has 0 bridgehead atoms. The molecular formula is C14H26N4. The molecule has 1 atom stereocenters. The van der Waals surface area contributed by atoms with Gasteiger partial charge < -0.3 is 10.3 Å². The quantitative estimate of drug-likeness (QED) is 0.874. The summed E-state index contributed by atoms with van der Waals surface area (Å²) in [6.07, 6.45) is 8.78. The summed E-state index contributed by atoms with van der Waals surface area (Å²) in [6.45, 7) is 5.04. The van der Waals surface area contributed by atoms with E-state index in [9.17, 15) is 0 Å². The average Bonchev–Trinajstić information content (AvgIpc) is 2.78. The van der Waals surface area contributed by atoms with Gasteiger partial charge >= 0.3 is 0 Å². The number of rotatable bonds is 5. The minimum Gasteiger partial charge on any atom is -0.330 e. The highest BCUT2D eigenvalue weighted by atomic mass is 15.3. The van der Waals surface area contributed by atoms with Gasteiger partial charge in [-0.2, -0.15) is 0 Å². The lowest BCUT2D eigenvalue weighted by Crippen LogP contribution is -2.18. The number of hydrogen-bond donors (Lipinski definition) is 1. The topological polar surface area (TPSA) is 56.7 Å². The predicted octanol–water partition coefficient (Wildman–Crippen LogP) is 2.62. The summed E-state index contributed by atoms with van der Waals surface area (Å²) in [7, 11) is 0. The molecule has 4 heteroatoms. The highest BCUT2D eigenvalue weighted by molar-refractivity contribution is 4.98. The van der Waals surface area contributed by atoms with Crippen molar-refractivity contribution in [2.75, 3.05) is 6.54 Å². The van der Waals surface area contributed by atoms with Crippen molar-refractivity contribution in [3.8, 4) is 0 Å². The summed E-state index contributed by atoms with van der Waals surface area (Å²) >= 11 is 0. The number of hydrogen-bond acceptors (Lipinski definition) is 3. The fourth-order valence-electron chi connectivity index (χ4n) is 2.89. The molecule has 2 rings (SSSR count). The molecule has 0 aliphatic heterocycles. The van der Waals surface area contributed by atoms with E-state index in [-0.39, 0.29) is 0 Å². The van der Waals surface area contributed by atoms with E-state index in [2.05, 4.69) is 28.6 Å². The van der Waals surface area contributed by atoms with Gasteiger partial charge in [0, 0.05) is 12.5 Å². The van der Waals surface area contributed by atoms with Crippen LogP contribution in [0.4, 0.5) is 0 Å². The maximum atomic E-state index is 5.68. The van der Waals surface area contributed by atoms with E-state index in [1.165, 1.54) is 37.9 Å². The van der Waals surface area contributed by atoms with E-state index in [1.807, 2.05) is 0 Å². The van der Waals surface area contributed by atoms with E-state index in [0.29, 0.717) is 12.0 Å². The summed E-state index contributed by atoms with van der Waals surface area (Å²) < 4.78 is 2.39. The number of aromatic nitrogens is 3.